The van der Waals surface area contributed by atoms with Gasteiger partial charge in [-0.2, -0.15) is 0 Å². The molecule has 0 aliphatic carbocycles. The molecule has 0 saturated carbocycles. The number of hydrogen-bond donors (Lipinski definition) is 0. The Balaban J connectivity index is 1.70. The zero-order chi connectivity index (χ0) is 22.1. The Labute approximate surface area is 180 Å². The number of aldehydes is 1. The second-order valence-corrected chi connectivity index (χ2v) is 6.92. The first-order valence-corrected chi connectivity index (χ1v) is 9.79. The van der Waals surface area contributed by atoms with Crippen molar-refractivity contribution in [2.75, 3.05) is 13.2 Å². The Bertz CT molecular complexity index is 1040. The molecular weight excluding hydrogens is 396 g/mol. The maximum atomic E-state index is 12.9. The van der Waals surface area contributed by atoms with E-state index in [2.05, 4.69) is 0 Å². The Morgan fingerprint density at radius 2 is 1.61 bits per heavy atom. The number of carbonyl (C=O) groups excluding carboxylic acids is 2. The van der Waals surface area contributed by atoms with Crippen molar-refractivity contribution in [3.05, 3.63) is 106 Å². The third-order valence-electron chi connectivity index (χ3n) is 4.76. The fourth-order valence-corrected chi connectivity index (χ4v) is 3.11. The normalized spacial score (nSPS) is 10.3. The molecule has 31 heavy (non-hydrogen) atoms. The molecule has 3 aromatic carbocycles. The van der Waals surface area contributed by atoms with Crippen LogP contribution < -0.4 is 4.74 Å². The fourth-order valence-electron chi connectivity index (χ4n) is 3.11. The van der Waals surface area contributed by atoms with Gasteiger partial charge in [0.1, 0.15) is 5.75 Å². The van der Waals surface area contributed by atoms with Crippen molar-refractivity contribution >= 4 is 17.9 Å². The lowest BCUT2D eigenvalue weighted by molar-refractivity contribution is -0.384. The summed E-state index contributed by atoms with van der Waals surface area (Å²) in [5.74, 6) is -0.105. The van der Waals surface area contributed by atoms with Gasteiger partial charge in [-0.15, -0.1) is 0 Å². The van der Waals surface area contributed by atoms with Crippen molar-refractivity contribution in [3.63, 3.8) is 0 Å². The van der Waals surface area contributed by atoms with E-state index in [0.29, 0.717) is 25.8 Å². The van der Waals surface area contributed by atoms with Crippen molar-refractivity contribution in [1.82, 2.24) is 4.90 Å². The van der Waals surface area contributed by atoms with E-state index in [0.717, 1.165) is 17.2 Å². The number of non-ortho nitro benzene ring substituents is 1. The highest BCUT2D eigenvalue weighted by atomic mass is 16.6. The molecule has 7 heteroatoms. The SMILES string of the molecule is O=Cc1cc([N+](=O)[O-])ccc1OCC(=O)N(CCc1ccccc1)Cc1ccccc1. The lowest BCUT2D eigenvalue weighted by atomic mass is 10.1. The van der Waals surface area contributed by atoms with Gasteiger partial charge in [-0.05, 0) is 23.6 Å². The van der Waals surface area contributed by atoms with Crippen molar-refractivity contribution in [2.45, 2.75) is 13.0 Å². The summed E-state index contributed by atoms with van der Waals surface area (Å²) in [7, 11) is 0. The number of ether oxygens (including phenoxy) is 1. The van der Waals surface area contributed by atoms with E-state index < -0.39 is 4.92 Å². The zero-order valence-electron chi connectivity index (χ0n) is 16.8. The number of nitro benzene ring substituents is 1. The number of benzene rings is 3. The van der Waals surface area contributed by atoms with Gasteiger partial charge in [-0.25, -0.2) is 0 Å². The van der Waals surface area contributed by atoms with Gasteiger partial charge in [-0.1, -0.05) is 60.7 Å². The highest BCUT2D eigenvalue weighted by Crippen LogP contribution is 2.23. The number of hydrogen-bond acceptors (Lipinski definition) is 5. The Hall–Kier alpha value is -4.00. The van der Waals surface area contributed by atoms with Gasteiger partial charge in [0.25, 0.3) is 11.6 Å². The van der Waals surface area contributed by atoms with Gasteiger partial charge in [0.2, 0.25) is 0 Å². The molecular formula is C24H22N2O5. The Kier molecular flexibility index (Phi) is 7.48. The molecule has 0 heterocycles. The minimum atomic E-state index is -0.590. The fraction of sp³-hybridized carbons (Fsp3) is 0.167. The second kappa shape index (κ2) is 10.7. The molecule has 158 valence electrons. The third kappa shape index (κ3) is 6.24. The molecule has 0 fully saturated rings. The minimum absolute atomic E-state index is 0.0286. The van der Waals surface area contributed by atoms with E-state index in [-0.39, 0.29) is 29.5 Å². The van der Waals surface area contributed by atoms with Crippen molar-refractivity contribution < 1.29 is 19.2 Å². The summed E-state index contributed by atoms with van der Waals surface area (Å²) < 4.78 is 5.55. The summed E-state index contributed by atoms with van der Waals surface area (Å²) in [6, 6.07) is 23.2. The number of rotatable bonds is 10. The highest BCUT2D eigenvalue weighted by molar-refractivity contribution is 5.82. The number of nitrogens with zero attached hydrogens (tertiary/aromatic N) is 2. The monoisotopic (exact) mass is 418 g/mol. The van der Waals surface area contributed by atoms with Crippen LogP contribution in [0.5, 0.6) is 5.75 Å². The number of nitro groups is 1. The van der Waals surface area contributed by atoms with Gasteiger partial charge in [0, 0.05) is 25.2 Å². The van der Waals surface area contributed by atoms with Crippen LogP contribution in [-0.4, -0.2) is 35.2 Å². The first-order chi connectivity index (χ1) is 15.1. The Morgan fingerprint density at radius 1 is 0.968 bits per heavy atom. The lowest BCUT2D eigenvalue weighted by Crippen LogP contribution is -2.36. The standard InChI is InChI=1S/C24H22N2O5/c27-17-21-15-22(26(29)30)11-12-23(21)31-18-24(28)25(16-20-9-5-2-6-10-20)14-13-19-7-3-1-4-8-19/h1-12,15,17H,13-14,16,18H2. The quantitative estimate of drug-likeness (QED) is 0.281. The Morgan fingerprint density at radius 3 is 2.23 bits per heavy atom. The summed E-state index contributed by atoms with van der Waals surface area (Å²) in [4.78, 5) is 36.2. The molecule has 0 aliphatic rings. The minimum Gasteiger partial charge on any atom is -0.483 e. The van der Waals surface area contributed by atoms with Crippen molar-refractivity contribution in [3.8, 4) is 5.75 Å². The first kappa shape index (κ1) is 21.7. The van der Waals surface area contributed by atoms with Crippen LogP contribution in [0.15, 0.2) is 78.9 Å². The highest BCUT2D eigenvalue weighted by Gasteiger charge is 2.17. The van der Waals surface area contributed by atoms with Crippen LogP contribution in [0, 0.1) is 10.1 Å². The smallest absolute Gasteiger partial charge is 0.270 e. The van der Waals surface area contributed by atoms with E-state index >= 15 is 0 Å². The maximum Gasteiger partial charge on any atom is 0.270 e. The topological polar surface area (TPSA) is 89.7 Å². The van der Waals surface area contributed by atoms with Crippen molar-refractivity contribution in [1.29, 1.82) is 0 Å². The van der Waals surface area contributed by atoms with Crippen molar-refractivity contribution in [2.24, 2.45) is 0 Å². The molecule has 3 rings (SSSR count). The number of amides is 1. The summed E-state index contributed by atoms with van der Waals surface area (Å²) in [5, 5.41) is 10.9. The van der Waals surface area contributed by atoms with E-state index in [1.54, 1.807) is 4.90 Å². The molecule has 7 nitrogen and oxygen atoms in total. The van der Waals surface area contributed by atoms with Crippen LogP contribution >= 0.6 is 0 Å². The van der Waals surface area contributed by atoms with E-state index in [1.807, 2.05) is 60.7 Å². The van der Waals surface area contributed by atoms with Crippen LogP contribution in [0.4, 0.5) is 5.69 Å². The molecule has 0 spiro atoms. The van der Waals surface area contributed by atoms with Crippen LogP contribution in [-0.2, 0) is 17.8 Å². The van der Waals surface area contributed by atoms with Gasteiger partial charge in [0.05, 0.1) is 10.5 Å². The zero-order valence-corrected chi connectivity index (χ0v) is 16.8. The van der Waals surface area contributed by atoms with Gasteiger partial charge in [-0.3, -0.25) is 19.7 Å². The molecule has 0 aliphatic heterocycles. The van der Waals surface area contributed by atoms with Crippen LogP contribution in [0.25, 0.3) is 0 Å². The second-order valence-electron chi connectivity index (χ2n) is 6.92. The van der Waals surface area contributed by atoms with E-state index in [1.165, 1.54) is 12.1 Å². The van der Waals surface area contributed by atoms with Gasteiger partial charge >= 0.3 is 0 Å². The molecule has 0 unspecified atom stereocenters. The molecule has 0 saturated heterocycles. The van der Waals surface area contributed by atoms with E-state index in [4.69, 9.17) is 4.74 Å². The summed E-state index contributed by atoms with van der Waals surface area (Å²) >= 11 is 0. The summed E-state index contributed by atoms with van der Waals surface area (Å²) in [5.41, 5.74) is 1.93. The first-order valence-electron chi connectivity index (χ1n) is 9.79. The largest absolute Gasteiger partial charge is 0.483 e. The third-order valence-corrected chi connectivity index (χ3v) is 4.76. The van der Waals surface area contributed by atoms with E-state index in [9.17, 15) is 19.7 Å². The molecule has 0 N–H and O–H groups in total. The molecule has 3 aromatic rings. The molecule has 1 amide bonds. The predicted molar refractivity (Wildman–Crippen MR) is 116 cm³/mol. The average molecular weight is 418 g/mol. The number of carbonyl (C=O) groups is 2. The molecule has 0 atom stereocenters. The summed E-state index contributed by atoms with van der Waals surface area (Å²) in [6.07, 6.45) is 1.17. The maximum absolute atomic E-state index is 12.9. The van der Waals surface area contributed by atoms with Crippen LogP contribution in [0.3, 0.4) is 0 Å². The van der Waals surface area contributed by atoms with Gasteiger partial charge in [0.15, 0.2) is 12.9 Å². The van der Waals surface area contributed by atoms with Crippen LogP contribution in [0.1, 0.15) is 21.5 Å². The van der Waals surface area contributed by atoms with Crippen LogP contribution in [0.2, 0.25) is 0 Å². The molecule has 0 aromatic heterocycles. The average Bonchev–Trinajstić information content (AvgIpc) is 2.81. The predicted octanol–water partition coefficient (Wildman–Crippen LogP) is 4.06. The lowest BCUT2D eigenvalue weighted by Gasteiger charge is -2.23. The summed E-state index contributed by atoms with van der Waals surface area (Å²) in [6.45, 7) is 0.652. The molecule has 0 radical (unpaired) electrons. The molecule has 0 bridgehead atoms. The van der Waals surface area contributed by atoms with Gasteiger partial charge < -0.3 is 9.64 Å².